The van der Waals surface area contributed by atoms with Gasteiger partial charge in [0, 0.05) is 24.6 Å². The fourth-order valence-corrected chi connectivity index (χ4v) is 2.93. The average molecular weight is 377 g/mol. The molecule has 0 aromatic carbocycles. The number of halogens is 2. The second-order valence-corrected chi connectivity index (χ2v) is 5.64. The average Bonchev–Trinajstić information content (AvgIpc) is 2.87. The molecule has 0 spiro atoms. The molecule has 0 bridgehead atoms. The molecule has 4 nitrogen and oxygen atoms in total. The summed E-state index contributed by atoms with van der Waals surface area (Å²) in [4.78, 5) is 0. The monoisotopic (exact) mass is 375 g/mol. The highest BCUT2D eigenvalue weighted by molar-refractivity contribution is 9.10. The van der Waals surface area contributed by atoms with E-state index in [1.165, 1.54) is 0 Å². The Labute approximate surface area is 123 Å². The number of nitrogens with zero attached hydrogens (tertiary/aromatic N) is 2. The molecule has 0 radical (unpaired) electrons. The largest absolute Gasteiger partial charge is 0.457 e. The van der Waals surface area contributed by atoms with Crippen LogP contribution >= 0.6 is 31.9 Å². The van der Waals surface area contributed by atoms with Gasteiger partial charge in [-0.3, -0.25) is 4.68 Å². The molecule has 98 valence electrons. The lowest BCUT2D eigenvalue weighted by Gasteiger charge is -2.12. The molecule has 0 aliphatic carbocycles. The third-order valence-electron chi connectivity index (χ3n) is 2.91. The van der Waals surface area contributed by atoms with Crippen LogP contribution in [0.25, 0.3) is 0 Å². The van der Waals surface area contributed by atoms with Crippen LogP contribution in [-0.2, 0) is 13.0 Å². The Morgan fingerprint density at radius 2 is 2.22 bits per heavy atom. The van der Waals surface area contributed by atoms with E-state index < -0.39 is 0 Å². The van der Waals surface area contributed by atoms with Crippen molar-refractivity contribution < 1.29 is 4.42 Å². The maximum atomic E-state index is 6.22. The molecule has 0 aliphatic rings. The van der Waals surface area contributed by atoms with Gasteiger partial charge in [0.2, 0.25) is 0 Å². The first-order chi connectivity index (χ1) is 8.54. The molecular formula is C12H15Br2N3O. The molecule has 1 atom stereocenters. The van der Waals surface area contributed by atoms with Crippen molar-refractivity contribution in [2.24, 2.45) is 5.73 Å². The van der Waals surface area contributed by atoms with Crippen molar-refractivity contribution in [2.45, 2.75) is 32.9 Å². The lowest BCUT2D eigenvalue weighted by Crippen LogP contribution is -2.16. The van der Waals surface area contributed by atoms with Gasteiger partial charge >= 0.3 is 0 Å². The molecule has 0 aliphatic heterocycles. The zero-order chi connectivity index (χ0) is 13.3. The summed E-state index contributed by atoms with van der Waals surface area (Å²) in [7, 11) is 0. The Morgan fingerprint density at radius 3 is 2.78 bits per heavy atom. The number of furan rings is 1. The van der Waals surface area contributed by atoms with Crippen LogP contribution in [0.4, 0.5) is 0 Å². The van der Waals surface area contributed by atoms with E-state index in [2.05, 4.69) is 43.9 Å². The smallest absolute Gasteiger partial charge is 0.173 e. The molecule has 0 fully saturated rings. The van der Waals surface area contributed by atoms with Crippen molar-refractivity contribution >= 4 is 31.9 Å². The Hall–Kier alpha value is -0.590. The zero-order valence-electron chi connectivity index (χ0n) is 10.3. The molecule has 2 rings (SSSR count). The van der Waals surface area contributed by atoms with Gasteiger partial charge in [-0.1, -0.05) is 0 Å². The number of aromatic nitrogens is 2. The maximum absolute atomic E-state index is 6.22. The van der Waals surface area contributed by atoms with Gasteiger partial charge in [-0.25, -0.2) is 0 Å². The minimum atomic E-state index is -0.115. The highest BCUT2D eigenvalue weighted by Gasteiger charge is 2.19. The van der Waals surface area contributed by atoms with Crippen molar-refractivity contribution in [3.05, 3.63) is 38.4 Å². The van der Waals surface area contributed by atoms with E-state index in [9.17, 15) is 0 Å². The summed E-state index contributed by atoms with van der Waals surface area (Å²) < 4.78 is 8.94. The van der Waals surface area contributed by atoms with Gasteiger partial charge in [-0.05, 0) is 51.8 Å². The van der Waals surface area contributed by atoms with Crippen LogP contribution in [0.5, 0.6) is 0 Å². The Kier molecular flexibility index (Phi) is 4.29. The molecule has 2 N–H and O–H groups in total. The number of hydrogen-bond donors (Lipinski definition) is 1. The Morgan fingerprint density at radius 1 is 1.50 bits per heavy atom. The summed E-state index contributed by atoms with van der Waals surface area (Å²) in [6.45, 7) is 4.89. The van der Waals surface area contributed by atoms with Gasteiger partial charge in [0.25, 0.3) is 0 Å². The summed E-state index contributed by atoms with van der Waals surface area (Å²) in [5.74, 6) is 0. The summed E-state index contributed by atoms with van der Waals surface area (Å²) >= 11 is 6.94. The van der Waals surface area contributed by atoms with Crippen LogP contribution in [0.1, 0.15) is 29.9 Å². The summed E-state index contributed by atoms with van der Waals surface area (Å²) in [6.07, 6.45) is 2.35. The molecule has 2 aromatic heterocycles. The Bertz CT molecular complexity index is 548. The first kappa shape index (κ1) is 13.8. The third kappa shape index (κ3) is 2.55. The number of hydrogen-bond acceptors (Lipinski definition) is 3. The van der Waals surface area contributed by atoms with Crippen LogP contribution in [0.2, 0.25) is 0 Å². The van der Waals surface area contributed by atoms with Gasteiger partial charge in [-0.2, -0.15) is 5.10 Å². The standard InChI is InChI=1S/C12H15Br2N3O/c1-3-17-10(11(13)7(2)16-17)6-9(15)8-4-5-18-12(8)14/h4-5,9H,3,6,15H2,1-2H3. The first-order valence-electron chi connectivity index (χ1n) is 5.74. The molecule has 18 heavy (non-hydrogen) atoms. The lowest BCUT2D eigenvalue weighted by atomic mass is 10.1. The molecule has 2 heterocycles. The number of rotatable bonds is 4. The predicted octanol–water partition coefficient (Wildman–Crippen LogP) is 3.57. The van der Waals surface area contributed by atoms with Crippen LogP contribution < -0.4 is 5.73 Å². The minimum Gasteiger partial charge on any atom is -0.457 e. The molecular weight excluding hydrogens is 362 g/mol. The highest BCUT2D eigenvalue weighted by atomic mass is 79.9. The summed E-state index contributed by atoms with van der Waals surface area (Å²) in [5, 5.41) is 4.46. The normalized spacial score (nSPS) is 12.9. The van der Waals surface area contributed by atoms with Crippen molar-refractivity contribution in [3.8, 4) is 0 Å². The Balaban J connectivity index is 2.27. The quantitative estimate of drug-likeness (QED) is 0.887. The number of nitrogens with two attached hydrogens (primary N) is 1. The SMILES string of the molecule is CCn1nc(C)c(Br)c1CC(N)c1ccoc1Br. The summed E-state index contributed by atoms with van der Waals surface area (Å²) in [6, 6.07) is 1.78. The molecule has 6 heteroatoms. The van der Waals surface area contributed by atoms with Gasteiger partial charge in [0.1, 0.15) is 0 Å². The molecule has 2 aromatic rings. The van der Waals surface area contributed by atoms with E-state index in [0.717, 1.165) is 28.0 Å². The third-order valence-corrected chi connectivity index (χ3v) is 4.59. The molecule has 0 amide bonds. The van der Waals surface area contributed by atoms with Gasteiger partial charge < -0.3 is 10.2 Å². The van der Waals surface area contributed by atoms with Gasteiger partial charge in [-0.15, -0.1) is 0 Å². The molecule has 0 saturated carbocycles. The fraction of sp³-hybridized carbons (Fsp3) is 0.417. The van der Waals surface area contributed by atoms with Crippen LogP contribution in [0.15, 0.2) is 25.9 Å². The van der Waals surface area contributed by atoms with E-state index in [-0.39, 0.29) is 6.04 Å². The van der Waals surface area contributed by atoms with Gasteiger partial charge in [0.05, 0.1) is 22.1 Å². The number of aryl methyl sites for hydroxylation is 2. The van der Waals surface area contributed by atoms with Crippen LogP contribution in [0.3, 0.4) is 0 Å². The molecule has 1 unspecified atom stereocenters. The predicted molar refractivity (Wildman–Crippen MR) is 77.4 cm³/mol. The topological polar surface area (TPSA) is 57.0 Å². The second-order valence-electron chi connectivity index (χ2n) is 4.12. The van der Waals surface area contributed by atoms with Crippen LogP contribution in [-0.4, -0.2) is 9.78 Å². The lowest BCUT2D eigenvalue weighted by molar-refractivity contribution is 0.527. The zero-order valence-corrected chi connectivity index (χ0v) is 13.5. The maximum Gasteiger partial charge on any atom is 0.173 e. The fourth-order valence-electron chi connectivity index (χ4n) is 1.95. The van der Waals surface area contributed by atoms with Crippen molar-refractivity contribution in [1.29, 1.82) is 0 Å². The minimum absolute atomic E-state index is 0.115. The van der Waals surface area contributed by atoms with Crippen molar-refractivity contribution in [3.63, 3.8) is 0 Å². The van der Waals surface area contributed by atoms with E-state index in [1.54, 1.807) is 6.26 Å². The van der Waals surface area contributed by atoms with Crippen molar-refractivity contribution in [1.82, 2.24) is 9.78 Å². The van der Waals surface area contributed by atoms with Crippen molar-refractivity contribution in [2.75, 3.05) is 0 Å². The van der Waals surface area contributed by atoms with E-state index in [4.69, 9.17) is 10.2 Å². The first-order valence-corrected chi connectivity index (χ1v) is 7.33. The second kappa shape index (κ2) is 5.59. The highest BCUT2D eigenvalue weighted by Crippen LogP contribution is 2.29. The van der Waals surface area contributed by atoms with E-state index in [0.29, 0.717) is 11.1 Å². The molecule has 0 saturated heterocycles. The van der Waals surface area contributed by atoms with E-state index in [1.807, 2.05) is 17.7 Å². The summed E-state index contributed by atoms with van der Waals surface area (Å²) in [5.41, 5.74) is 9.31. The van der Waals surface area contributed by atoms with Crippen LogP contribution in [0, 0.1) is 6.92 Å². The van der Waals surface area contributed by atoms with Gasteiger partial charge in [0.15, 0.2) is 4.67 Å². The van der Waals surface area contributed by atoms with E-state index >= 15 is 0 Å².